The molecule has 0 saturated heterocycles. The van der Waals surface area contributed by atoms with Gasteiger partial charge in [0.1, 0.15) is 12.4 Å². The number of carboxylic acids is 1. The van der Waals surface area contributed by atoms with Crippen LogP contribution in [0.1, 0.15) is 35.2 Å². The van der Waals surface area contributed by atoms with Crippen LogP contribution in [0, 0.1) is 5.92 Å². The van der Waals surface area contributed by atoms with Gasteiger partial charge in [0, 0.05) is 12.0 Å². The number of benzene rings is 3. The second-order valence-corrected chi connectivity index (χ2v) is 7.74. The highest BCUT2D eigenvalue weighted by Crippen LogP contribution is 2.24. The Balaban J connectivity index is 1.57. The van der Waals surface area contributed by atoms with Crippen LogP contribution in [-0.2, 0) is 11.2 Å². The first-order chi connectivity index (χ1) is 15.6. The zero-order valence-electron chi connectivity index (χ0n) is 18.1. The highest BCUT2D eigenvalue weighted by molar-refractivity contribution is 5.98. The second-order valence-electron chi connectivity index (χ2n) is 7.74. The minimum Gasteiger partial charge on any atom is -0.490 e. The molecule has 1 unspecified atom stereocenters. The highest BCUT2D eigenvalue weighted by atomic mass is 16.5. The lowest BCUT2D eigenvalue weighted by Gasteiger charge is -2.12. The average molecular weight is 429 g/mol. The molecule has 3 rings (SSSR count). The average Bonchev–Trinajstić information content (AvgIpc) is 2.83. The second kappa shape index (κ2) is 11.7. The molecular weight excluding hydrogens is 400 g/mol. The maximum atomic E-state index is 12.7. The fourth-order valence-corrected chi connectivity index (χ4v) is 3.60. The van der Waals surface area contributed by atoms with Crippen LogP contribution in [0.5, 0.6) is 5.75 Å². The molecular formula is C28H28O4. The van der Waals surface area contributed by atoms with E-state index >= 15 is 0 Å². The van der Waals surface area contributed by atoms with Gasteiger partial charge in [0.15, 0.2) is 5.78 Å². The summed E-state index contributed by atoms with van der Waals surface area (Å²) in [4.78, 5) is 24.4. The minimum atomic E-state index is -0.915. The zero-order valence-corrected chi connectivity index (χ0v) is 18.1. The van der Waals surface area contributed by atoms with Crippen molar-refractivity contribution < 1.29 is 19.4 Å². The number of rotatable bonds is 12. The number of carbonyl (C=O) groups excluding carboxylic acids is 1. The summed E-state index contributed by atoms with van der Waals surface area (Å²) < 4.78 is 5.50. The van der Waals surface area contributed by atoms with E-state index in [1.165, 1.54) is 5.56 Å². The van der Waals surface area contributed by atoms with Gasteiger partial charge in [-0.3, -0.25) is 9.59 Å². The van der Waals surface area contributed by atoms with Gasteiger partial charge < -0.3 is 9.84 Å². The van der Waals surface area contributed by atoms with E-state index in [1.54, 1.807) is 18.2 Å². The number of aryl methyl sites for hydroxylation is 1. The number of carbonyl (C=O) groups is 2. The quantitative estimate of drug-likeness (QED) is 0.275. The predicted molar refractivity (Wildman–Crippen MR) is 127 cm³/mol. The standard InChI is InChI=1S/C28H28O4/c1-2-19-32-26-17-15-23(16-18-26)22-11-13-24(14-12-22)27(29)20-25(28(30)31)10-6-9-21-7-4-3-5-8-21/h2-5,7-8,11-18,25H,1,6,9-10,19-20H2,(H,30,31). The number of hydrogen-bond donors (Lipinski definition) is 1. The van der Waals surface area contributed by atoms with E-state index in [1.807, 2.05) is 66.7 Å². The maximum Gasteiger partial charge on any atom is 0.306 e. The number of hydrogen-bond acceptors (Lipinski definition) is 3. The van der Waals surface area contributed by atoms with Gasteiger partial charge >= 0.3 is 5.97 Å². The Kier molecular flexibility index (Phi) is 8.38. The van der Waals surface area contributed by atoms with Gasteiger partial charge in [0.25, 0.3) is 0 Å². The first kappa shape index (κ1) is 23.0. The molecule has 1 atom stereocenters. The molecule has 32 heavy (non-hydrogen) atoms. The van der Waals surface area contributed by atoms with Crippen molar-refractivity contribution in [3.63, 3.8) is 0 Å². The Hall–Kier alpha value is -3.66. The largest absolute Gasteiger partial charge is 0.490 e. The molecule has 4 nitrogen and oxygen atoms in total. The third-order valence-electron chi connectivity index (χ3n) is 5.40. The van der Waals surface area contributed by atoms with Crippen molar-refractivity contribution in [1.82, 2.24) is 0 Å². The van der Waals surface area contributed by atoms with E-state index in [2.05, 4.69) is 6.58 Å². The fraction of sp³-hybridized carbons (Fsp3) is 0.214. The van der Waals surface area contributed by atoms with Crippen LogP contribution < -0.4 is 4.74 Å². The van der Waals surface area contributed by atoms with Gasteiger partial charge in [-0.15, -0.1) is 0 Å². The van der Waals surface area contributed by atoms with Crippen molar-refractivity contribution in [2.45, 2.75) is 25.7 Å². The molecule has 4 heteroatoms. The van der Waals surface area contributed by atoms with Crippen molar-refractivity contribution >= 4 is 11.8 Å². The van der Waals surface area contributed by atoms with Crippen LogP contribution in [0.25, 0.3) is 11.1 Å². The molecule has 0 fully saturated rings. The number of ether oxygens (including phenoxy) is 1. The van der Waals surface area contributed by atoms with E-state index in [0.29, 0.717) is 18.6 Å². The zero-order chi connectivity index (χ0) is 22.8. The first-order valence-electron chi connectivity index (χ1n) is 10.8. The van der Waals surface area contributed by atoms with Crippen molar-refractivity contribution in [2.75, 3.05) is 6.61 Å². The molecule has 0 heterocycles. The van der Waals surface area contributed by atoms with Crippen LogP contribution in [0.4, 0.5) is 0 Å². The minimum absolute atomic E-state index is 0.0127. The van der Waals surface area contributed by atoms with Crippen LogP contribution in [0.15, 0.2) is 91.5 Å². The molecule has 0 spiro atoms. The lowest BCUT2D eigenvalue weighted by molar-refractivity contribution is -0.141. The van der Waals surface area contributed by atoms with Gasteiger partial charge in [-0.05, 0) is 48.1 Å². The number of aliphatic carboxylic acids is 1. The van der Waals surface area contributed by atoms with Crippen molar-refractivity contribution in [3.8, 4) is 16.9 Å². The van der Waals surface area contributed by atoms with E-state index in [-0.39, 0.29) is 12.2 Å². The lowest BCUT2D eigenvalue weighted by Crippen LogP contribution is -2.18. The molecule has 3 aromatic carbocycles. The van der Waals surface area contributed by atoms with Gasteiger partial charge in [-0.1, -0.05) is 79.4 Å². The molecule has 0 aromatic heterocycles. The summed E-state index contributed by atoms with van der Waals surface area (Å²) in [6.45, 7) is 4.09. The van der Waals surface area contributed by atoms with Gasteiger partial charge in [0.2, 0.25) is 0 Å². The SMILES string of the molecule is C=CCOc1ccc(-c2ccc(C(=O)CC(CCCc3ccccc3)C(=O)O)cc2)cc1. The normalized spacial score (nSPS) is 11.5. The number of ketones is 1. The third-order valence-corrected chi connectivity index (χ3v) is 5.40. The molecule has 0 amide bonds. The molecule has 0 aliphatic heterocycles. The molecule has 1 N–H and O–H groups in total. The van der Waals surface area contributed by atoms with Gasteiger partial charge in [-0.25, -0.2) is 0 Å². The molecule has 0 aliphatic carbocycles. The summed E-state index contributed by atoms with van der Waals surface area (Å²) in [5.74, 6) is -0.958. The Morgan fingerprint density at radius 2 is 1.53 bits per heavy atom. The van der Waals surface area contributed by atoms with E-state index in [0.717, 1.165) is 29.7 Å². The fourth-order valence-electron chi connectivity index (χ4n) is 3.60. The summed E-state index contributed by atoms with van der Waals surface area (Å²) in [6.07, 6.45) is 3.74. The van der Waals surface area contributed by atoms with Crippen molar-refractivity contribution in [3.05, 3.63) is 103 Å². The van der Waals surface area contributed by atoms with E-state index in [9.17, 15) is 14.7 Å². The summed E-state index contributed by atoms with van der Waals surface area (Å²) in [6, 6.07) is 25.0. The monoisotopic (exact) mass is 428 g/mol. The molecule has 164 valence electrons. The Bertz CT molecular complexity index is 1020. The third kappa shape index (κ3) is 6.67. The Morgan fingerprint density at radius 1 is 0.906 bits per heavy atom. The topological polar surface area (TPSA) is 63.6 Å². The summed E-state index contributed by atoms with van der Waals surface area (Å²) in [7, 11) is 0. The van der Waals surface area contributed by atoms with Gasteiger partial charge in [-0.2, -0.15) is 0 Å². The van der Waals surface area contributed by atoms with Crippen LogP contribution in [0.3, 0.4) is 0 Å². The van der Waals surface area contributed by atoms with Crippen LogP contribution in [-0.4, -0.2) is 23.5 Å². The summed E-state index contributed by atoms with van der Waals surface area (Å²) in [5.41, 5.74) is 3.71. The van der Waals surface area contributed by atoms with E-state index in [4.69, 9.17) is 4.74 Å². The smallest absolute Gasteiger partial charge is 0.306 e. The number of Topliss-reactive ketones (excluding diaryl/α,β-unsaturated/α-hetero) is 1. The maximum absolute atomic E-state index is 12.7. The number of carboxylic acid groups (broad SMARTS) is 1. The first-order valence-corrected chi connectivity index (χ1v) is 10.8. The van der Waals surface area contributed by atoms with E-state index < -0.39 is 11.9 Å². The summed E-state index contributed by atoms with van der Waals surface area (Å²) >= 11 is 0. The van der Waals surface area contributed by atoms with Crippen molar-refractivity contribution in [2.24, 2.45) is 5.92 Å². The molecule has 3 aromatic rings. The van der Waals surface area contributed by atoms with Crippen LogP contribution in [0.2, 0.25) is 0 Å². The Morgan fingerprint density at radius 3 is 2.12 bits per heavy atom. The Labute approximate surface area is 189 Å². The molecule has 0 saturated carbocycles. The molecule has 0 aliphatic rings. The summed E-state index contributed by atoms with van der Waals surface area (Å²) in [5, 5.41) is 9.57. The van der Waals surface area contributed by atoms with Crippen LogP contribution >= 0.6 is 0 Å². The van der Waals surface area contributed by atoms with Gasteiger partial charge in [0.05, 0.1) is 5.92 Å². The molecule has 0 radical (unpaired) electrons. The lowest BCUT2D eigenvalue weighted by atomic mass is 9.92. The predicted octanol–water partition coefficient (Wildman–Crippen LogP) is 6.21. The van der Waals surface area contributed by atoms with Crippen molar-refractivity contribution in [1.29, 1.82) is 0 Å². The molecule has 0 bridgehead atoms. The highest BCUT2D eigenvalue weighted by Gasteiger charge is 2.21.